The van der Waals surface area contributed by atoms with E-state index in [9.17, 15) is 29.6 Å². The minimum Gasteiger partial charge on any atom is -0.506 e. The zero-order valence-electron chi connectivity index (χ0n) is 14.3. The maximum atomic E-state index is 12.8. The number of urea groups is 1. The molecule has 0 unspecified atom stereocenters. The van der Waals surface area contributed by atoms with Crippen LogP contribution < -0.4 is 10.2 Å². The minimum atomic E-state index is -0.959. The van der Waals surface area contributed by atoms with Crippen molar-refractivity contribution < 1.29 is 24.4 Å². The van der Waals surface area contributed by atoms with Crippen LogP contribution in [0.4, 0.5) is 16.2 Å². The third kappa shape index (κ3) is 3.58. The van der Waals surface area contributed by atoms with Gasteiger partial charge in [-0.3, -0.25) is 25.0 Å². The van der Waals surface area contributed by atoms with Crippen LogP contribution in [-0.4, -0.2) is 27.9 Å². The number of halogens is 1. The molecule has 3 rings (SSSR count). The summed E-state index contributed by atoms with van der Waals surface area (Å²) in [6.45, 7) is 1.84. The van der Waals surface area contributed by atoms with Crippen LogP contribution in [0.25, 0.3) is 6.08 Å². The van der Waals surface area contributed by atoms with Gasteiger partial charge in [-0.15, -0.1) is 0 Å². The van der Waals surface area contributed by atoms with Crippen molar-refractivity contribution in [1.82, 2.24) is 5.32 Å². The first kappa shape index (κ1) is 19.5. The number of hydrogen-bond acceptors (Lipinski definition) is 6. The molecule has 0 saturated carbocycles. The normalized spacial score (nSPS) is 15.7. The standard InChI is InChI=1S/C18H12IN3O6/c1-9-2-4-11(5-3-9)21-17(25)13(16(24)20-18(21)26)7-10-6-12(22(27)28)8-14(19)15(10)23/h2-8,23H,1H3,(H,20,24,26)/b13-7+. The molecule has 142 valence electrons. The first-order valence-corrected chi connectivity index (χ1v) is 8.92. The molecule has 9 nitrogen and oxygen atoms in total. The molecule has 0 bridgehead atoms. The summed E-state index contributed by atoms with van der Waals surface area (Å²) in [7, 11) is 0. The fraction of sp³-hybridized carbons (Fsp3) is 0.0556. The van der Waals surface area contributed by atoms with Crippen molar-refractivity contribution in [3.63, 3.8) is 0 Å². The van der Waals surface area contributed by atoms with E-state index in [1.807, 2.05) is 6.92 Å². The van der Waals surface area contributed by atoms with Gasteiger partial charge >= 0.3 is 6.03 Å². The number of anilines is 1. The second kappa shape index (κ2) is 7.38. The fourth-order valence-corrected chi connectivity index (χ4v) is 3.19. The highest BCUT2D eigenvalue weighted by Gasteiger charge is 2.37. The van der Waals surface area contributed by atoms with Crippen LogP contribution in [0.15, 0.2) is 42.0 Å². The lowest BCUT2D eigenvalue weighted by Gasteiger charge is -2.26. The van der Waals surface area contributed by atoms with Crippen LogP contribution in [0, 0.1) is 20.6 Å². The molecular formula is C18H12IN3O6. The molecule has 0 aliphatic carbocycles. The second-order valence-electron chi connectivity index (χ2n) is 5.92. The van der Waals surface area contributed by atoms with E-state index in [0.717, 1.165) is 28.7 Å². The van der Waals surface area contributed by atoms with Gasteiger partial charge in [-0.1, -0.05) is 17.7 Å². The van der Waals surface area contributed by atoms with Crippen LogP contribution in [0.3, 0.4) is 0 Å². The smallest absolute Gasteiger partial charge is 0.335 e. The van der Waals surface area contributed by atoms with Crippen molar-refractivity contribution in [2.45, 2.75) is 6.92 Å². The van der Waals surface area contributed by atoms with E-state index in [1.54, 1.807) is 46.9 Å². The van der Waals surface area contributed by atoms with Gasteiger partial charge in [0.05, 0.1) is 14.2 Å². The fourth-order valence-electron chi connectivity index (χ4n) is 2.56. The number of non-ortho nitro benzene ring substituents is 1. The lowest BCUT2D eigenvalue weighted by Crippen LogP contribution is -2.54. The average molecular weight is 493 g/mol. The van der Waals surface area contributed by atoms with Gasteiger partial charge in [-0.2, -0.15) is 0 Å². The molecule has 1 aliphatic heterocycles. The summed E-state index contributed by atoms with van der Waals surface area (Å²) in [4.78, 5) is 48.4. The monoisotopic (exact) mass is 493 g/mol. The predicted molar refractivity (Wildman–Crippen MR) is 108 cm³/mol. The quantitative estimate of drug-likeness (QED) is 0.223. The van der Waals surface area contributed by atoms with Crippen LogP contribution in [-0.2, 0) is 9.59 Å². The molecule has 2 aromatic rings. The number of carbonyl (C=O) groups is 3. The zero-order chi connectivity index (χ0) is 20.6. The lowest BCUT2D eigenvalue weighted by molar-refractivity contribution is -0.385. The minimum absolute atomic E-state index is 0.0877. The Hall–Kier alpha value is -3.28. The lowest BCUT2D eigenvalue weighted by atomic mass is 10.1. The van der Waals surface area contributed by atoms with Gasteiger partial charge in [-0.25, -0.2) is 9.69 Å². The van der Waals surface area contributed by atoms with E-state index in [0.29, 0.717) is 0 Å². The number of amides is 4. The number of carbonyl (C=O) groups excluding carboxylic acids is 3. The van der Waals surface area contributed by atoms with E-state index >= 15 is 0 Å². The van der Waals surface area contributed by atoms with E-state index in [1.165, 1.54) is 0 Å². The molecule has 4 amide bonds. The first-order chi connectivity index (χ1) is 13.2. The maximum Gasteiger partial charge on any atom is 0.335 e. The van der Waals surface area contributed by atoms with Crippen molar-refractivity contribution in [1.29, 1.82) is 0 Å². The molecule has 2 N–H and O–H groups in total. The summed E-state index contributed by atoms with van der Waals surface area (Å²) in [5.74, 6) is -2.18. The molecule has 0 radical (unpaired) electrons. The Morgan fingerprint density at radius 1 is 1.18 bits per heavy atom. The van der Waals surface area contributed by atoms with E-state index < -0.39 is 28.3 Å². The highest BCUT2D eigenvalue weighted by Crippen LogP contribution is 2.32. The third-order valence-electron chi connectivity index (χ3n) is 3.98. The number of phenolic OH excluding ortho intramolecular Hbond substituents is 1. The number of aromatic hydroxyl groups is 1. The van der Waals surface area contributed by atoms with Gasteiger partial charge in [-0.05, 0) is 47.7 Å². The Balaban J connectivity index is 2.09. The molecule has 2 aromatic carbocycles. The zero-order valence-corrected chi connectivity index (χ0v) is 16.5. The summed E-state index contributed by atoms with van der Waals surface area (Å²) >= 11 is 1.70. The molecule has 0 atom stereocenters. The molecule has 0 aromatic heterocycles. The molecule has 0 spiro atoms. The first-order valence-electron chi connectivity index (χ1n) is 7.84. The van der Waals surface area contributed by atoms with Gasteiger partial charge < -0.3 is 5.11 Å². The Kier molecular flexibility index (Phi) is 5.14. The number of nitrogens with zero attached hydrogens (tertiary/aromatic N) is 2. The molecule has 1 heterocycles. The van der Waals surface area contributed by atoms with Crippen LogP contribution in [0.1, 0.15) is 11.1 Å². The number of barbiturate groups is 1. The number of nitro benzene ring substituents is 1. The second-order valence-corrected chi connectivity index (χ2v) is 7.08. The number of aryl methyl sites for hydroxylation is 1. The highest BCUT2D eigenvalue weighted by molar-refractivity contribution is 14.1. The topological polar surface area (TPSA) is 130 Å². The predicted octanol–water partition coefficient (Wildman–Crippen LogP) is 2.88. The Morgan fingerprint density at radius 3 is 2.43 bits per heavy atom. The molecule has 1 fully saturated rings. The Labute approximate surface area is 171 Å². The SMILES string of the molecule is Cc1ccc(N2C(=O)NC(=O)/C(=C\c3cc([N+](=O)[O-])cc(I)c3O)C2=O)cc1. The number of rotatable bonds is 3. The van der Waals surface area contributed by atoms with E-state index in [2.05, 4.69) is 5.32 Å². The molecule has 10 heteroatoms. The van der Waals surface area contributed by atoms with Crippen molar-refractivity contribution in [2.24, 2.45) is 0 Å². The Morgan fingerprint density at radius 2 is 1.82 bits per heavy atom. The van der Waals surface area contributed by atoms with Crippen molar-refractivity contribution in [3.05, 3.63) is 66.8 Å². The highest BCUT2D eigenvalue weighted by atomic mass is 127. The van der Waals surface area contributed by atoms with Gasteiger partial charge in [0.1, 0.15) is 11.3 Å². The maximum absolute atomic E-state index is 12.8. The summed E-state index contributed by atoms with van der Waals surface area (Å²) in [6.07, 6.45) is 1.02. The molecule has 1 aliphatic rings. The number of nitro groups is 1. The summed E-state index contributed by atoms with van der Waals surface area (Å²) in [5, 5.41) is 23.3. The third-order valence-corrected chi connectivity index (χ3v) is 4.80. The molecule has 28 heavy (non-hydrogen) atoms. The van der Waals surface area contributed by atoms with Gasteiger partial charge in [0.15, 0.2) is 0 Å². The van der Waals surface area contributed by atoms with Crippen molar-refractivity contribution in [3.8, 4) is 5.75 Å². The summed E-state index contributed by atoms with van der Waals surface area (Å²) in [5.41, 5.74) is 0.326. The summed E-state index contributed by atoms with van der Waals surface area (Å²) < 4.78 is 0.175. The van der Waals surface area contributed by atoms with Crippen LogP contribution in [0.2, 0.25) is 0 Å². The Bertz CT molecular complexity index is 1060. The average Bonchev–Trinajstić information content (AvgIpc) is 2.63. The molecular weight excluding hydrogens is 481 g/mol. The van der Waals surface area contributed by atoms with Crippen LogP contribution in [0.5, 0.6) is 5.75 Å². The number of hydrogen-bond donors (Lipinski definition) is 2. The van der Waals surface area contributed by atoms with Gasteiger partial charge in [0, 0.05) is 17.7 Å². The molecule has 1 saturated heterocycles. The van der Waals surface area contributed by atoms with Gasteiger partial charge in [0.2, 0.25) is 0 Å². The van der Waals surface area contributed by atoms with E-state index in [4.69, 9.17) is 0 Å². The summed E-state index contributed by atoms with van der Waals surface area (Å²) in [6, 6.07) is 7.78. The van der Waals surface area contributed by atoms with Crippen molar-refractivity contribution in [2.75, 3.05) is 4.90 Å². The van der Waals surface area contributed by atoms with Crippen molar-refractivity contribution >= 4 is 57.9 Å². The number of benzene rings is 2. The number of phenols is 1. The van der Waals surface area contributed by atoms with Gasteiger partial charge in [0.25, 0.3) is 17.5 Å². The van der Waals surface area contributed by atoms with E-state index in [-0.39, 0.29) is 26.3 Å². The largest absolute Gasteiger partial charge is 0.506 e. The van der Waals surface area contributed by atoms with Crippen LogP contribution >= 0.6 is 22.6 Å². The number of nitrogens with one attached hydrogen (secondary N) is 1. The number of imide groups is 2.